The van der Waals surface area contributed by atoms with Crippen LogP contribution in [0.25, 0.3) is 218 Å². The van der Waals surface area contributed by atoms with Crippen LogP contribution in [0.5, 0.6) is 0 Å². The van der Waals surface area contributed by atoms with Gasteiger partial charge in [-0.25, -0.2) is 24.9 Å². The molecule has 0 radical (unpaired) electrons. The Hall–Kier alpha value is -14.2. The zero-order chi connectivity index (χ0) is 71.9. The Morgan fingerprint density at radius 1 is 0.174 bits per heavy atom. The smallest absolute Gasteiger partial charge is 0.160 e. The minimum absolute atomic E-state index is 0.740. The summed E-state index contributed by atoms with van der Waals surface area (Å²) in [6.45, 7) is 0. The lowest BCUT2D eigenvalue weighted by Gasteiger charge is -2.12. The topological polar surface area (TPSA) is 64.5 Å². The lowest BCUT2D eigenvalue weighted by Crippen LogP contribution is -1.95. The Labute approximate surface area is 631 Å². The van der Waals surface area contributed by atoms with Crippen molar-refractivity contribution >= 4 is 161 Å². The van der Waals surface area contributed by atoms with E-state index in [0.29, 0.717) is 0 Å². The summed E-state index contributed by atoms with van der Waals surface area (Å²) in [7, 11) is 0. The molecule has 0 bridgehead atoms. The third kappa shape index (κ3) is 11.3. The van der Waals surface area contributed by atoms with E-state index < -0.39 is 0 Å². The van der Waals surface area contributed by atoms with Gasteiger partial charge in [-0.2, -0.15) is 0 Å². The van der Waals surface area contributed by atoms with E-state index in [0.717, 1.165) is 83.9 Å². The van der Waals surface area contributed by atoms with Crippen LogP contribution in [-0.4, -0.2) is 24.9 Å². The molecular formula is C103H63N5S. The van der Waals surface area contributed by atoms with Gasteiger partial charge in [-0.3, -0.25) is 0 Å². The number of benzene rings is 18. The van der Waals surface area contributed by atoms with Crippen molar-refractivity contribution in [2.45, 2.75) is 0 Å². The fraction of sp³-hybridized carbons (Fsp3) is 0. The molecule has 0 atom stereocenters. The molecule has 0 spiro atoms. The molecule has 0 unspecified atom stereocenters. The lowest BCUT2D eigenvalue weighted by molar-refractivity contribution is 1.23. The van der Waals surface area contributed by atoms with E-state index >= 15 is 0 Å². The van der Waals surface area contributed by atoms with Gasteiger partial charge in [0.1, 0.15) is 0 Å². The Morgan fingerprint density at radius 2 is 0.541 bits per heavy atom. The molecule has 506 valence electrons. The average molecular weight is 1400 g/mol. The van der Waals surface area contributed by atoms with Crippen LogP contribution in [0.15, 0.2) is 382 Å². The molecule has 0 amide bonds. The van der Waals surface area contributed by atoms with Crippen molar-refractivity contribution < 1.29 is 0 Å². The molecule has 0 N–H and O–H groups in total. The van der Waals surface area contributed by atoms with Gasteiger partial charge in [-0.1, -0.05) is 315 Å². The standard InChI is InChI=1S/C38H24N2.C33H19NS.C32H20N2/c1-3-10-27(11-4-1)37-35-24-30(19-22-36(35)39-38(40-37)28-12-5-2-6-13-28)29-16-15-26-18-20-32-31-14-8-7-9-25(31)17-21-33(32)34(26)23-29;1-2-8-23-20(7-1)15-18-25-24(23)17-16-21-13-14-22(19-28(21)25)32-33-31(26-9-3-5-11-29(26)34-32)27-10-4-6-12-30(27)35-33;1-2-7-23(8-3-1)29-16-18-32-31(33-29)19-17-30(34-32)24-11-10-22-13-14-26-25-9-5-4-6-21(25)12-15-27(26)28(22)20-24/h1-24H;1-19H;1-20H. The van der Waals surface area contributed by atoms with Crippen LogP contribution in [0.2, 0.25) is 0 Å². The minimum atomic E-state index is 0.740. The van der Waals surface area contributed by atoms with Crippen molar-refractivity contribution in [3.63, 3.8) is 0 Å². The summed E-state index contributed by atoms with van der Waals surface area (Å²) in [4.78, 5) is 25.1. The summed E-state index contributed by atoms with van der Waals surface area (Å²) >= 11 is 1.85. The predicted octanol–water partition coefficient (Wildman–Crippen LogP) is 28.2. The molecule has 23 rings (SSSR count). The summed E-state index contributed by atoms with van der Waals surface area (Å²) in [5, 5.41) is 27.8. The Kier molecular flexibility index (Phi) is 15.4. The molecule has 18 aromatic carbocycles. The van der Waals surface area contributed by atoms with E-state index in [2.05, 4.69) is 334 Å². The van der Waals surface area contributed by atoms with Crippen molar-refractivity contribution in [2.75, 3.05) is 0 Å². The van der Waals surface area contributed by atoms with Crippen molar-refractivity contribution in [1.82, 2.24) is 24.9 Å². The first-order valence-electron chi connectivity index (χ1n) is 37.0. The number of pyridine rings is 3. The van der Waals surface area contributed by atoms with E-state index in [1.807, 2.05) is 59.9 Å². The Balaban J connectivity index is 0.000000104. The first kappa shape index (κ1) is 63.3. The monoisotopic (exact) mass is 1400 g/mol. The number of hydrogen-bond donors (Lipinski definition) is 0. The second kappa shape index (κ2) is 26.5. The molecule has 0 saturated heterocycles. The summed E-state index contributed by atoms with van der Waals surface area (Å²) in [6.07, 6.45) is 0. The molecule has 109 heavy (non-hydrogen) atoms. The summed E-state index contributed by atoms with van der Waals surface area (Å²) in [5.41, 5.74) is 15.6. The maximum atomic E-state index is 5.22. The average Bonchev–Trinajstić information content (AvgIpc) is 1.73. The van der Waals surface area contributed by atoms with Gasteiger partial charge in [-0.15, -0.1) is 11.3 Å². The summed E-state index contributed by atoms with van der Waals surface area (Å²) in [5.74, 6) is 0.740. The van der Waals surface area contributed by atoms with Crippen molar-refractivity contribution in [3.8, 4) is 67.5 Å². The fourth-order valence-corrected chi connectivity index (χ4v) is 17.6. The highest BCUT2D eigenvalue weighted by Gasteiger charge is 2.19. The van der Waals surface area contributed by atoms with E-state index in [1.54, 1.807) is 0 Å². The zero-order valence-electron chi connectivity index (χ0n) is 59.0. The van der Waals surface area contributed by atoms with Gasteiger partial charge in [0.25, 0.3) is 0 Å². The van der Waals surface area contributed by atoms with Gasteiger partial charge in [-0.05, 0) is 175 Å². The van der Waals surface area contributed by atoms with Crippen molar-refractivity contribution in [1.29, 1.82) is 0 Å². The molecule has 5 heterocycles. The number of thiophene rings is 1. The van der Waals surface area contributed by atoms with Gasteiger partial charge in [0, 0.05) is 54.1 Å². The molecule has 5 nitrogen and oxygen atoms in total. The summed E-state index contributed by atoms with van der Waals surface area (Å²) in [6, 6.07) is 136. The SMILES string of the molecule is c1ccc(-c2ccc3nc(-c4ccc5ccc6c7ccccc7ccc6c5c4)ccc3n2)cc1.c1ccc(-c2nc(-c3ccccc3)c3cc(-c4ccc5ccc6c7ccccc7ccc6c5c4)ccc3n2)cc1.c1ccc2c(c1)ccc1c3cc(-c4nc5ccccc5c5c4sc4ccccc45)ccc3ccc21. The Morgan fingerprint density at radius 3 is 1.09 bits per heavy atom. The third-order valence-electron chi connectivity index (χ3n) is 21.7. The van der Waals surface area contributed by atoms with Crippen molar-refractivity contribution in [2.24, 2.45) is 0 Å². The molecule has 0 saturated carbocycles. The molecule has 0 fully saturated rings. The zero-order valence-corrected chi connectivity index (χ0v) is 59.8. The van der Waals surface area contributed by atoms with Crippen LogP contribution in [0.3, 0.4) is 0 Å². The maximum Gasteiger partial charge on any atom is 0.160 e. The van der Waals surface area contributed by atoms with Crippen LogP contribution < -0.4 is 0 Å². The van der Waals surface area contributed by atoms with Gasteiger partial charge in [0.05, 0.1) is 49.5 Å². The van der Waals surface area contributed by atoms with E-state index in [1.165, 1.54) is 134 Å². The van der Waals surface area contributed by atoms with Gasteiger partial charge < -0.3 is 0 Å². The maximum absolute atomic E-state index is 5.22. The highest BCUT2D eigenvalue weighted by atomic mass is 32.1. The first-order valence-corrected chi connectivity index (χ1v) is 37.8. The minimum Gasteiger partial charge on any atom is -0.246 e. The van der Waals surface area contributed by atoms with Crippen LogP contribution in [0, 0.1) is 0 Å². The molecule has 0 aliphatic carbocycles. The van der Waals surface area contributed by atoms with Crippen molar-refractivity contribution in [3.05, 3.63) is 382 Å². The quantitative estimate of drug-likeness (QED) is 0.155. The van der Waals surface area contributed by atoms with Gasteiger partial charge in [0.2, 0.25) is 0 Å². The molecule has 5 aromatic heterocycles. The van der Waals surface area contributed by atoms with E-state index in [-0.39, 0.29) is 0 Å². The normalized spacial score (nSPS) is 11.7. The second-order valence-corrected chi connectivity index (χ2v) is 29.1. The van der Waals surface area contributed by atoms with Gasteiger partial charge in [0.15, 0.2) is 5.82 Å². The number of fused-ring (bicyclic) bond motifs is 22. The van der Waals surface area contributed by atoms with E-state index in [9.17, 15) is 0 Å². The number of nitrogens with zero attached hydrogens (tertiary/aromatic N) is 5. The molecule has 6 heteroatoms. The van der Waals surface area contributed by atoms with Crippen LogP contribution in [-0.2, 0) is 0 Å². The van der Waals surface area contributed by atoms with Crippen LogP contribution in [0.4, 0.5) is 0 Å². The van der Waals surface area contributed by atoms with E-state index in [4.69, 9.17) is 24.9 Å². The summed E-state index contributed by atoms with van der Waals surface area (Å²) < 4.78 is 2.56. The number of rotatable bonds is 6. The number of aromatic nitrogens is 5. The van der Waals surface area contributed by atoms with Gasteiger partial charge >= 0.3 is 0 Å². The van der Waals surface area contributed by atoms with Crippen LogP contribution >= 0.6 is 11.3 Å². The van der Waals surface area contributed by atoms with Crippen LogP contribution in [0.1, 0.15) is 0 Å². The predicted molar refractivity (Wildman–Crippen MR) is 464 cm³/mol. The Bertz CT molecular complexity index is 7610. The highest BCUT2D eigenvalue weighted by molar-refractivity contribution is 7.26. The number of hydrogen-bond acceptors (Lipinski definition) is 6. The fourth-order valence-electron chi connectivity index (χ4n) is 16.3. The second-order valence-electron chi connectivity index (χ2n) is 28.1. The highest BCUT2D eigenvalue weighted by Crippen LogP contribution is 2.45. The molecule has 0 aliphatic rings. The first-order chi connectivity index (χ1) is 54.0. The number of para-hydroxylation sites is 1. The molecular weight excluding hydrogens is 1340 g/mol. The molecule has 0 aliphatic heterocycles. The largest absolute Gasteiger partial charge is 0.246 e. The third-order valence-corrected chi connectivity index (χ3v) is 22.9. The lowest BCUT2D eigenvalue weighted by atomic mass is 9.94. The molecule has 23 aromatic rings.